The highest BCUT2D eigenvalue weighted by atomic mass is 16.5. The molecule has 2 amide bonds. The molecule has 0 spiro atoms. The van der Waals surface area contributed by atoms with Crippen molar-refractivity contribution in [2.75, 3.05) is 23.4 Å². The molecule has 1 fully saturated rings. The molecule has 0 radical (unpaired) electrons. The summed E-state index contributed by atoms with van der Waals surface area (Å²) in [5.41, 5.74) is 2.35. The van der Waals surface area contributed by atoms with Gasteiger partial charge in [0.15, 0.2) is 6.61 Å². The van der Waals surface area contributed by atoms with Crippen molar-refractivity contribution in [3.8, 4) is 5.75 Å². The van der Waals surface area contributed by atoms with Gasteiger partial charge in [-0.15, -0.1) is 0 Å². The molecule has 0 saturated heterocycles. The van der Waals surface area contributed by atoms with E-state index >= 15 is 0 Å². The van der Waals surface area contributed by atoms with E-state index in [4.69, 9.17) is 9.47 Å². The Morgan fingerprint density at radius 1 is 1.10 bits per heavy atom. The molecule has 1 saturated carbocycles. The summed E-state index contributed by atoms with van der Waals surface area (Å²) in [5.74, 6) is 0.135. The van der Waals surface area contributed by atoms with E-state index in [0.717, 1.165) is 18.4 Å². The fraction of sp³-hybridized carbons (Fsp3) is 0.391. The van der Waals surface area contributed by atoms with Crippen LogP contribution in [0, 0.1) is 0 Å². The number of rotatable bonds is 6. The van der Waals surface area contributed by atoms with Crippen LogP contribution in [0.4, 0.5) is 11.4 Å². The van der Waals surface area contributed by atoms with Crippen LogP contribution in [0.15, 0.2) is 48.5 Å². The lowest BCUT2D eigenvalue weighted by molar-refractivity contribution is -0.123. The van der Waals surface area contributed by atoms with E-state index < -0.39 is 0 Å². The van der Waals surface area contributed by atoms with Crippen LogP contribution in [-0.2, 0) is 20.9 Å². The first-order chi connectivity index (χ1) is 14.2. The van der Waals surface area contributed by atoms with Gasteiger partial charge in [0, 0.05) is 5.69 Å². The predicted octanol–water partition coefficient (Wildman–Crippen LogP) is 3.90. The van der Waals surface area contributed by atoms with Crippen molar-refractivity contribution in [2.24, 2.45) is 0 Å². The van der Waals surface area contributed by atoms with Crippen molar-refractivity contribution in [1.29, 1.82) is 0 Å². The Kier molecular flexibility index (Phi) is 6.10. The molecule has 2 aromatic rings. The topological polar surface area (TPSA) is 67.9 Å². The van der Waals surface area contributed by atoms with Crippen LogP contribution in [0.3, 0.4) is 0 Å². The van der Waals surface area contributed by atoms with E-state index in [-0.39, 0.29) is 25.0 Å². The zero-order valence-corrected chi connectivity index (χ0v) is 16.4. The van der Waals surface area contributed by atoms with Crippen LogP contribution in [-0.4, -0.2) is 31.1 Å². The summed E-state index contributed by atoms with van der Waals surface area (Å²) >= 11 is 0. The molecule has 1 aliphatic heterocycles. The number of carbonyl (C=O) groups is 2. The fourth-order valence-electron chi connectivity index (χ4n) is 3.86. The smallest absolute Gasteiger partial charge is 0.265 e. The van der Waals surface area contributed by atoms with Gasteiger partial charge >= 0.3 is 0 Å². The van der Waals surface area contributed by atoms with Gasteiger partial charge in [-0.1, -0.05) is 43.5 Å². The van der Waals surface area contributed by atoms with Gasteiger partial charge in [0.05, 0.1) is 18.4 Å². The molecule has 152 valence electrons. The monoisotopic (exact) mass is 394 g/mol. The van der Waals surface area contributed by atoms with Crippen molar-refractivity contribution in [3.63, 3.8) is 0 Å². The summed E-state index contributed by atoms with van der Waals surface area (Å²) in [6, 6.07) is 14.9. The van der Waals surface area contributed by atoms with E-state index in [1.807, 2.05) is 36.4 Å². The Labute approximate surface area is 170 Å². The largest absolute Gasteiger partial charge is 0.482 e. The highest BCUT2D eigenvalue weighted by molar-refractivity contribution is 6.04. The number of benzene rings is 2. The molecule has 0 unspecified atom stereocenters. The summed E-state index contributed by atoms with van der Waals surface area (Å²) in [7, 11) is 0. The molecule has 2 aromatic carbocycles. The van der Waals surface area contributed by atoms with Gasteiger partial charge in [0.2, 0.25) is 5.91 Å². The van der Waals surface area contributed by atoms with Gasteiger partial charge in [0.1, 0.15) is 12.3 Å². The molecule has 2 aliphatic rings. The molecule has 6 nitrogen and oxygen atoms in total. The summed E-state index contributed by atoms with van der Waals surface area (Å²) in [4.78, 5) is 26.3. The molecule has 0 bridgehead atoms. The number of carbonyl (C=O) groups excluding carboxylic acids is 2. The normalized spacial score (nSPS) is 16.8. The molecule has 0 atom stereocenters. The van der Waals surface area contributed by atoms with Crippen molar-refractivity contribution >= 4 is 23.2 Å². The van der Waals surface area contributed by atoms with Crippen molar-refractivity contribution in [1.82, 2.24) is 0 Å². The third-order valence-electron chi connectivity index (χ3n) is 5.36. The van der Waals surface area contributed by atoms with Crippen molar-refractivity contribution in [3.05, 3.63) is 54.1 Å². The van der Waals surface area contributed by atoms with Crippen LogP contribution in [0.5, 0.6) is 5.75 Å². The molecule has 0 aromatic heterocycles. The maximum atomic E-state index is 12.6. The van der Waals surface area contributed by atoms with Crippen LogP contribution >= 0.6 is 0 Å². The molecule has 4 rings (SSSR count). The maximum Gasteiger partial charge on any atom is 0.265 e. The molecular weight excluding hydrogens is 368 g/mol. The van der Waals surface area contributed by atoms with Gasteiger partial charge in [-0.2, -0.15) is 0 Å². The lowest BCUT2D eigenvalue weighted by Gasteiger charge is -2.28. The lowest BCUT2D eigenvalue weighted by Crippen LogP contribution is -2.43. The van der Waals surface area contributed by atoms with E-state index in [2.05, 4.69) is 5.32 Å². The first-order valence-electron chi connectivity index (χ1n) is 10.2. The summed E-state index contributed by atoms with van der Waals surface area (Å²) < 4.78 is 11.4. The van der Waals surface area contributed by atoms with Gasteiger partial charge in [-0.3, -0.25) is 14.5 Å². The number of anilines is 2. The minimum Gasteiger partial charge on any atom is -0.482 e. The zero-order chi connectivity index (χ0) is 20.1. The second kappa shape index (κ2) is 9.09. The number of nitrogens with one attached hydrogen (secondary N) is 1. The Balaban J connectivity index is 1.35. The highest BCUT2D eigenvalue weighted by Gasteiger charge is 2.27. The number of amides is 2. The van der Waals surface area contributed by atoms with Crippen molar-refractivity contribution in [2.45, 2.75) is 44.8 Å². The van der Waals surface area contributed by atoms with Crippen LogP contribution < -0.4 is 15.0 Å². The zero-order valence-electron chi connectivity index (χ0n) is 16.4. The number of fused-ring (bicyclic) bond motifs is 1. The summed E-state index contributed by atoms with van der Waals surface area (Å²) in [6.45, 7) is 0.435. The van der Waals surface area contributed by atoms with Crippen LogP contribution in [0.1, 0.15) is 37.7 Å². The number of para-hydroxylation sites is 2. The standard InChI is InChI=1S/C23H26N2O4/c26-22(14-25-20-11-4-5-12-21(20)29-16-23(25)27)24-18-8-6-7-17(13-18)15-28-19-9-2-1-3-10-19/h4-8,11-13,19H,1-3,9-10,14-16H2,(H,24,26). The first kappa shape index (κ1) is 19.5. The minimum atomic E-state index is -0.250. The Morgan fingerprint density at radius 2 is 1.93 bits per heavy atom. The Hall–Kier alpha value is -2.86. The lowest BCUT2D eigenvalue weighted by atomic mass is 9.98. The average Bonchev–Trinajstić information content (AvgIpc) is 2.75. The second-order valence-electron chi connectivity index (χ2n) is 7.56. The van der Waals surface area contributed by atoms with E-state index in [1.165, 1.54) is 24.2 Å². The SMILES string of the molecule is O=C(CN1C(=O)COc2ccccc21)Nc1cccc(COC2CCCCC2)c1. The molecule has 1 aliphatic carbocycles. The minimum absolute atomic E-state index is 0.0536. The summed E-state index contributed by atoms with van der Waals surface area (Å²) in [6.07, 6.45) is 6.39. The van der Waals surface area contributed by atoms with Gasteiger partial charge in [0.25, 0.3) is 5.91 Å². The van der Waals surface area contributed by atoms with Crippen molar-refractivity contribution < 1.29 is 19.1 Å². The van der Waals surface area contributed by atoms with E-state index in [0.29, 0.717) is 29.8 Å². The Bertz CT molecular complexity index is 877. The maximum absolute atomic E-state index is 12.6. The number of hydrogen-bond donors (Lipinski definition) is 1. The molecule has 1 N–H and O–H groups in total. The fourth-order valence-corrected chi connectivity index (χ4v) is 3.86. The third-order valence-corrected chi connectivity index (χ3v) is 5.36. The molecular formula is C23H26N2O4. The van der Waals surface area contributed by atoms with E-state index in [9.17, 15) is 9.59 Å². The predicted molar refractivity (Wildman–Crippen MR) is 111 cm³/mol. The summed E-state index contributed by atoms with van der Waals surface area (Å²) in [5, 5.41) is 2.89. The van der Waals surface area contributed by atoms with E-state index in [1.54, 1.807) is 12.1 Å². The number of nitrogens with zero attached hydrogens (tertiary/aromatic N) is 1. The van der Waals surface area contributed by atoms with Crippen LogP contribution in [0.2, 0.25) is 0 Å². The molecule has 29 heavy (non-hydrogen) atoms. The average molecular weight is 394 g/mol. The Morgan fingerprint density at radius 3 is 2.79 bits per heavy atom. The van der Waals surface area contributed by atoms with Gasteiger partial charge in [-0.25, -0.2) is 0 Å². The van der Waals surface area contributed by atoms with Gasteiger partial charge in [-0.05, 0) is 42.7 Å². The highest BCUT2D eigenvalue weighted by Crippen LogP contribution is 2.31. The first-order valence-corrected chi connectivity index (χ1v) is 10.2. The van der Waals surface area contributed by atoms with Gasteiger partial charge < -0.3 is 14.8 Å². The second-order valence-corrected chi connectivity index (χ2v) is 7.56. The van der Waals surface area contributed by atoms with Crippen LogP contribution in [0.25, 0.3) is 0 Å². The quantitative estimate of drug-likeness (QED) is 0.807. The molecule has 1 heterocycles. The number of hydrogen-bond acceptors (Lipinski definition) is 4. The molecule has 6 heteroatoms. The number of ether oxygens (including phenoxy) is 2. The third kappa shape index (κ3) is 4.95.